The molecule has 0 aromatic carbocycles. The molecule has 86 valence electrons. The predicted molar refractivity (Wildman–Crippen MR) is 72.1 cm³/mol. The Morgan fingerprint density at radius 3 is 2.88 bits per heavy atom. The largest absolute Gasteiger partial charge is 0.296 e. The van der Waals surface area contributed by atoms with E-state index < -0.39 is 0 Å². The predicted octanol–water partition coefficient (Wildman–Crippen LogP) is 3.65. The molecule has 2 aromatic rings. The van der Waals surface area contributed by atoms with E-state index >= 15 is 0 Å². The van der Waals surface area contributed by atoms with Gasteiger partial charge in [0, 0.05) is 24.6 Å². The molecule has 0 saturated heterocycles. The average Bonchev–Trinajstić information content (AvgIpc) is 2.77. The van der Waals surface area contributed by atoms with Crippen molar-refractivity contribution in [1.82, 2.24) is 14.5 Å². The maximum atomic E-state index is 5.95. The number of hydrogen-bond donors (Lipinski definition) is 0. The maximum absolute atomic E-state index is 5.95. The molecule has 0 fully saturated rings. The fourth-order valence-corrected chi connectivity index (χ4v) is 3.16. The number of rotatable bonds is 4. The van der Waals surface area contributed by atoms with E-state index in [0.29, 0.717) is 4.34 Å². The number of thiophene rings is 1. The van der Waals surface area contributed by atoms with Crippen molar-refractivity contribution < 1.29 is 0 Å². The standard InChI is InChI=1S/C9H9BrClN3S2/c1-14(3-6-2-8(10)15-5-6)4-7-9(11)16-13-12-7/h2,5H,3-4H2,1H3. The van der Waals surface area contributed by atoms with Gasteiger partial charge in [0.2, 0.25) is 0 Å². The maximum Gasteiger partial charge on any atom is 0.138 e. The quantitative estimate of drug-likeness (QED) is 0.852. The van der Waals surface area contributed by atoms with Crippen LogP contribution in [0.15, 0.2) is 15.2 Å². The summed E-state index contributed by atoms with van der Waals surface area (Å²) in [6.45, 7) is 1.61. The molecule has 0 unspecified atom stereocenters. The molecule has 0 aliphatic heterocycles. The monoisotopic (exact) mass is 337 g/mol. The third-order valence-electron chi connectivity index (χ3n) is 2.00. The van der Waals surface area contributed by atoms with Gasteiger partial charge in [-0.2, -0.15) is 0 Å². The summed E-state index contributed by atoms with van der Waals surface area (Å²) in [6.07, 6.45) is 0. The van der Waals surface area contributed by atoms with E-state index in [4.69, 9.17) is 11.6 Å². The molecule has 0 atom stereocenters. The van der Waals surface area contributed by atoms with Crippen LogP contribution < -0.4 is 0 Å². The van der Waals surface area contributed by atoms with Crippen molar-refractivity contribution >= 4 is 50.4 Å². The molecular weight excluding hydrogens is 330 g/mol. The lowest BCUT2D eigenvalue weighted by molar-refractivity contribution is 0.315. The van der Waals surface area contributed by atoms with Gasteiger partial charge in [-0.15, -0.1) is 16.4 Å². The number of halogens is 2. The first-order valence-electron chi connectivity index (χ1n) is 4.53. The van der Waals surface area contributed by atoms with Gasteiger partial charge in [-0.05, 0) is 40.0 Å². The van der Waals surface area contributed by atoms with Crippen molar-refractivity contribution in [3.63, 3.8) is 0 Å². The summed E-state index contributed by atoms with van der Waals surface area (Å²) in [7, 11) is 2.04. The normalized spacial score (nSPS) is 11.2. The lowest BCUT2D eigenvalue weighted by Gasteiger charge is -2.13. The number of aromatic nitrogens is 2. The zero-order valence-corrected chi connectivity index (χ0v) is 12.5. The summed E-state index contributed by atoms with van der Waals surface area (Å²) in [5.41, 5.74) is 2.14. The van der Waals surface area contributed by atoms with E-state index in [1.165, 1.54) is 17.1 Å². The van der Waals surface area contributed by atoms with Crippen molar-refractivity contribution in [2.24, 2.45) is 0 Å². The fourth-order valence-electron chi connectivity index (χ4n) is 1.34. The fraction of sp³-hybridized carbons (Fsp3) is 0.333. The second-order valence-electron chi connectivity index (χ2n) is 3.42. The molecule has 0 saturated carbocycles. The number of nitrogens with zero attached hydrogens (tertiary/aromatic N) is 3. The highest BCUT2D eigenvalue weighted by Crippen LogP contribution is 2.23. The third-order valence-corrected chi connectivity index (χ3v) is 4.54. The van der Waals surface area contributed by atoms with Crippen LogP contribution in [0.5, 0.6) is 0 Å². The minimum atomic E-state index is 0.679. The Hall–Kier alpha value is -0.0100. The molecule has 2 heterocycles. The summed E-state index contributed by atoms with van der Waals surface area (Å²) < 4.78 is 5.65. The van der Waals surface area contributed by atoms with Gasteiger partial charge in [-0.25, -0.2) is 0 Å². The lowest BCUT2D eigenvalue weighted by atomic mass is 10.3. The molecule has 16 heavy (non-hydrogen) atoms. The van der Waals surface area contributed by atoms with Crippen molar-refractivity contribution in [3.8, 4) is 0 Å². The highest BCUT2D eigenvalue weighted by Gasteiger charge is 2.09. The molecule has 0 amide bonds. The summed E-state index contributed by atoms with van der Waals surface area (Å²) in [6, 6.07) is 2.13. The van der Waals surface area contributed by atoms with Crippen molar-refractivity contribution in [1.29, 1.82) is 0 Å². The van der Waals surface area contributed by atoms with Crippen LogP contribution in [0, 0.1) is 0 Å². The SMILES string of the molecule is CN(Cc1csc(Br)c1)Cc1nnsc1Cl. The van der Waals surface area contributed by atoms with Crippen LogP contribution in [-0.2, 0) is 13.1 Å². The van der Waals surface area contributed by atoms with Gasteiger partial charge in [0.15, 0.2) is 0 Å². The summed E-state index contributed by atoms with van der Waals surface area (Å²) in [4.78, 5) is 2.16. The highest BCUT2D eigenvalue weighted by molar-refractivity contribution is 9.11. The Labute approximate surface area is 115 Å². The molecule has 0 bridgehead atoms. The molecule has 0 aliphatic rings. The van der Waals surface area contributed by atoms with Crippen LogP contribution >= 0.6 is 50.4 Å². The molecule has 0 spiro atoms. The third kappa shape index (κ3) is 3.24. The average molecular weight is 339 g/mol. The van der Waals surface area contributed by atoms with Crippen LogP contribution in [0.25, 0.3) is 0 Å². The Morgan fingerprint density at radius 2 is 2.31 bits per heavy atom. The molecule has 7 heteroatoms. The van der Waals surface area contributed by atoms with Gasteiger partial charge in [0.05, 0.1) is 3.79 Å². The van der Waals surface area contributed by atoms with Gasteiger partial charge in [0.25, 0.3) is 0 Å². The molecular formula is C9H9BrClN3S2. The number of hydrogen-bond acceptors (Lipinski definition) is 5. The van der Waals surface area contributed by atoms with E-state index in [9.17, 15) is 0 Å². The molecule has 0 radical (unpaired) electrons. The van der Waals surface area contributed by atoms with E-state index in [2.05, 4.69) is 41.9 Å². The first kappa shape index (κ1) is 12.4. The van der Waals surface area contributed by atoms with Crippen LogP contribution in [0.4, 0.5) is 0 Å². The van der Waals surface area contributed by atoms with Crippen LogP contribution in [0.2, 0.25) is 4.34 Å². The van der Waals surface area contributed by atoms with E-state index in [-0.39, 0.29) is 0 Å². The van der Waals surface area contributed by atoms with E-state index in [0.717, 1.165) is 22.6 Å². The van der Waals surface area contributed by atoms with Crippen LogP contribution in [-0.4, -0.2) is 21.5 Å². The Kier molecular flexibility index (Phi) is 4.32. The van der Waals surface area contributed by atoms with Gasteiger partial charge in [-0.1, -0.05) is 16.1 Å². The van der Waals surface area contributed by atoms with E-state index in [1.54, 1.807) is 11.3 Å². The van der Waals surface area contributed by atoms with Gasteiger partial charge in [0.1, 0.15) is 10.0 Å². The Balaban J connectivity index is 1.94. The van der Waals surface area contributed by atoms with Gasteiger partial charge < -0.3 is 0 Å². The second-order valence-corrected chi connectivity index (χ2v) is 7.07. The minimum absolute atomic E-state index is 0.679. The second kappa shape index (κ2) is 5.55. The Morgan fingerprint density at radius 1 is 1.50 bits per heavy atom. The summed E-state index contributed by atoms with van der Waals surface area (Å²) in [5.74, 6) is 0. The smallest absolute Gasteiger partial charge is 0.138 e. The topological polar surface area (TPSA) is 29.0 Å². The Bertz CT molecular complexity index is 471. The van der Waals surface area contributed by atoms with Crippen molar-refractivity contribution in [2.75, 3.05) is 7.05 Å². The van der Waals surface area contributed by atoms with Crippen molar-refractivity contribution in [3.05, 3.63) is 30.8 Å². The molecule has 2 aromatic heterocycles. The lowest BCUT2D eigenvalue weighted by Crippen LogP contribution is -2.17. The molecule has 3 nitrogen and oxygen atoms in total. The van der Waals surface area contributed by atoms with Crippen LogP contribution in [0.1, 0.15) is 11.3 Å². The van der Waals surface area contributed by atoms with Crippen molar-refractivity contribution in [2.45, 2.75) is 13.1 Å². The molecule has 0 aliphatic carbocycles. The van der Waals surface area contributed by atoms with Crippen LogP contribution in [0.3, 0.4) is 0 Å². The zero-order valence-electron chi connectivity index (χ0n) is 8.48. The zero-order chi connectivity index (χ0) is 11.5. The van der Waals surface area contributed by atoms with Gasteiger partial charge >= 0.3 is 0 Å². The van der Waals surface area contributed by atoms with Gasteiger partial charge in [-0.3, -0.25) is 4.90 Å². The summed E-state index contributed by atoms with van der Waals surface area (Å²) >= 11 is 12.3. The highest BCUT2D eigenvalue weighted by atomic mass is 79.9. The molecule has 0 N–H and O–H groups in total. The first-order chi connectivity index (χ1) is 7.65. The molecule has 2 rings (SSSR count). The minimum Gasteiger partial charge on any atom is -0.296 e. The summed E-state index contributed by atoms with van der Waals surface area (Å²) in [5, 5.41) is 6.13. The van der Waals surface area contributed by atoms with E-state index in [1.807, 2.05) is 7.05 Å². The first-order valence-corrected chi connectivity index (χ1v) is 7.35.